The predicted molar refractivity (Wildman–Crippen MR) is 102 cm³/mol. The second-order valence-corrected chi connectivity index (χ2v) is 10.5. The lowest BCUT2D eigenvalue weighted by molar-refractivity contribution is -0.135. The molecule has 2 aromatic rings. The van der Waals surface area contributed by atoms with Crippen LogP contribution in [0, 0.1) is 19.8 Å². The van der Waals surface area contributed by atoms with E-state index in [1.165, 1.54) is 10.4 Å². The van der Waals surface area contributed by atoms with Crippen LogP contribution in [0.2, 0.25) is 0 Å². The van der Waals surface area contributed by atoms with E-state index in [-0.39, 0.29) is 23.3 Å². The number of piperazine rings is 1. The first-order chi connectivity index (χ1) is 12.4. The van der Waals surface area contributed by atoms with E-state index in [1.54, 1.807) is 17.7 Å². The summed E-state index contributed by atoms with van der Waals surface area (Å²) in [7, 11) is -3.03. The Labute approximate surface area is 157 Å². The number of aromatic nitrogens is 2. The molecule has 4 rings (SSSR count). The molecule has 2 saturated heterocycles. The van der Waals surface area contributed by atoms with Gasteiger partial charge in [0.2, 0.25) is 5.91 Å². The zero-order valence-corrected chi connectivity index (χ0v) is 16.6. The van der Waals surface area contributed by atoms with Crippen LogP contribution in [0.3, 0.4) is 0 Å². The van der Waals surface area contributed by atoms with Crippen molar-refractivity contribution in [2.24, 2.45) is 5.92 Å². The highest BCUT2D eigenvalue weighted by Gasteiger charge is 2.36. The zero-order chi connectivity index (χ0) is 18.5. The van der Waals surface area contributed by atoms with Gasteiger partial charge in [0.05, 0.1) is 22.8 Å². The van der Waals surface area contributed by atoms with Crippen LogP contribution in [-0.4, -0.2) is 66.9 Å². The molecule has 1 amide bonds. The number of hydrogen-bond donors (Lipinski definition) is 0. The van der Waals surface area contributed by atoms with Crippen molar-refractivity contribution in [3.63, 3.8) is 0 Å². The van der Waals surface area contributed by atoms with Gasteiger partial charge in [0.25, 0.3) is 0 Å². The lowest BCUT2D eigenvalue weighted by Gasteiger charge is -2.36. The number of aryl methyl sites for hydroxylation is 2. The number of anilines is 1. The Kier molecular flexibility index (Phi) is 4.38. The number of nitrogens with zero attached hydrogens (tertiary/aromatic N) is 4. The molecule has 0 aromatic carbocycles. The summed E-state index contributed by atoms with van der Waals surface area (Å²) in [5.41, 5.74) is 1.22. The number of hydrogen-bond acceptors (Lipinski definition) is 7. The van der Waals surface area contributed by atoms with Crippen LogP contribution in [0.1, 0.15) is 16.9 Å². The summed E-state index contributed by atoms with van der Waals surface area (Å²) < 4.78 is 23.3. The maximum absolute atomic E-state index is 12.6. The minimum atomic E-state index is -3.03. The minimum absolute atomic E-state index is 0.00591. The van der Waals surface area contributed by atoms with E-state index in [4.69, 9.17) is 0 Å². The normalized spacial score (nSPS) is 22.9. The topological polar surface area (TPSA) is 83.5 Å². The van der Waals surface area contributed by atoms with Crippen molar-refractivity contribution in [1.82, 2.24) is 14.9 Å². The van der Waals surface area contributed by atoms with Crippen molar-refractivity contribution >= 4 is 43.1 Å². The first-order valence-corrected chi connectivity index (χ1v) is 11.4. The fourth-order valence-electron chi connectivity index (χ4n) is 3.79. The van der Waals surface area contributed by atoms with Crippen molar-refractivity contribution < 1.29 is 13.2 Å². The molecule has 0 spiro atoms. The van der Waals surface area contributed by atoms with Crippen LogP contribution < -0.4 is 4.90 Å². The molecule has 2 aromatic heterocycles. The Morgan fingerprint density at radius 3 is 2.58 bits per heavy atom. The first kappa shape index (κ1) is 17.7. The number of carbonyl (C=O) groups is 1. The zero-order valence-electron chi connectivity index (χ0n) is 14.9. The smallest absolute Gasteiger partial charge is 0.226 e. The Balaban J connectivity index is 1.48. The van der Waals surface area contributed by atoms with Gasteiger partial charge in [-0.2, -0.15) is 0 Å². The van der Waals surface area contributed by atoms with E-state index in [0.29, 0.717) is 32.6 Å². The van der Waals surface area contributed by atoms with E-state index < -0.39 is 9.84 Å². The molecule has 9 heteroatoms. The average Bonchev–Trinajstić information content (AvgIpc) is 3.13. The molecule has 0 aliphatic carbocycles. The number of amides is 1. The molecular weight excluding hydrogens is 372 g/mol. The van der Waals surface area contributed by atoms with Gasteiger partial charge in [0.15, 0.2) is 9.84 Å². The second kappa shape index (κ2) is 6.45. The molecular formula is C17H22N4O3S2. The average molecular weight is 395 g/mol. The first-order valence-electron chi connectivity index (χ1n) is 8.80. The Morgan fingerprint density at radius 2 is 1.92 bits per heavy atom. The number of sulfone groups is 1. The van der Waals surface area contributed by atoms with E-state index >= 15 is 0 Å². The van der Waals surface area contributed by atoms with Gasteiger partial charge in [-0.3, -0.25) is 4.79 Å². The van der Waals surface area contributed by atoms with Gasteiger partial charge >= 0.3 is 0 Å². The lowest BCUT2D eigenvalue weighted by atomic mass is 10.1. The number of carbonyl (C=O) groups excluding carboxylic acids is 1. The number of fused-ring (bicyclic) bond motifs is 1. The molecule has 140 valence electrons. The molecule has 4 heterocycles. The molecule has 0 radical (unpaired) electrons. The lowest BCUT2D eigenvalue weighted by Crippen LogP contribution is -2.50. The summed E-state index contributed by atoms with van der Waals surface area (Å²) >= 11 is 1.68. The predicted octanol–water partition coefficient (Wildman–Crippen LogP) is 1.39. The molecule has 0 bridgehead atoms. The van der Waals surface area contributed by atoms with Crippen LogP contribution in [-0.2, 0) is 14.6 Å². The highest BCUT2D eigenvalue weighted by atomic mass is 32.2. The Morgan fingerprint density at radius 1 is 1.19 bits per heavy atom. The summed E-state index contributed by atoms with van der Waals surface area (Å²) in [5.74, 6) is 0.706. The van der Waals surface area contributed by atoms with Gasteiger partial charge < -0.3 is 9.80 Å². The minimum Gasteiger partial charge on any atom is -0.352 e. The van der Waals surface area contributed by atoms with Crippen LogP contribution >= 0.6 is 11.3 Å². The molecule has 7 nitrogen and oxygen atoms in total. The second-order valence-electron chi connectivity index (χ2n) is 7.07. The Bertz CT molecular complexity index is 962. The Hall–Kier alpha value is -1.74. The van der Waals surface area contributed by atoms with Crippen molar-refractivity contribution in [1.29, 1.82) is 0 Å². The summed E-state index contributed by atoms with van der Waals surface area (Å²) in [6, 6.07) is 0. The molecule has 2 aliphatic rings. The van der Waals surface area contributed by atoms with Crippen LogP contribution in [0.5, 0.6) is 0 Å². The largest absolute Gasteiger partial charge is 0.352 e. The maximum atomic E-state index is 12.6. The molecule has 0 unspecified atom stereocenters. The summed E-state index contributed by atoms with van der Waals surface area (Å²) in [5, 5.41) is 1.11. The highest BCUT2D eigenvalue weighted by molar-refractivity contribution is 7.91. The quantitative estimate of drug-likeness (QED) is 0.765. The van der Waals surface area contributed by atoms with Gasteiger partial charge in [-0.05, 0) is 25.8 Å². The fraction of sp³-hybridized carbons (Fsp3) is 0.588. The van der Waals surface area contributed by atoms with E-state index in [9.17, 15) is 13.2 Å². The third-order valence-electron chi connectivity index (χ3n) is 5.42. The van der Waals surface area contributed by atoms with Crippen molar-refractivity contribution in [3.05, 3.63) is 16.8 Å². The summed E-state index contributed by atoms with van der Waals surface area (Å²) in [4.78, 5) is 27.8. The van der Waals surface area contributed by atoms with Gasteiger partial charge in [0, 0.05) is 31.1 Å². The van der Waals surface area contributed by atoms with E-state index in [1.807, 2.05) is 4.90 Å². The van der Waals surface area contributed by atoms with E-state index in [2.05, 4.69) is 28.7 Å². The van der Waals surface area contributed by atoms with Crippen molar-refractivity contribution in [3.8, 4) is 0 Å². The molecule has 0 saturated carbocycles. The molecule has 26 heavy (non-hydrogen) atoms. The summed E-state index contributed by atoms with van der Waals surface area (Å²) in [6.07, 6.45) is 2.06. The van der Waals surface area contributed by atoms with Gasteiger partial charge in [-0.1, -0.05) is 0 Å². The number of rotatable bonds is 2. The molecule has 0 N–H and O–H groups in total. The van der Waals surface area contributed by atoms with Crippen LogP contribution in [0.4, 0.5) is 5.82 Å². The standard InChI is InChI=1S/C17H22N4O3S2/c1-11-12(2)25-16-14(11)15(18-10-19-16)20-4-6-21(7-5-20)17(22)13-3-8-26(23,24)9-13/h10,13H,3-9H2,1-2H3/t13-/m0/s1. The van der Waals surface area contributed by atoms with E-state index in [0.717, 1.165) is 16.0 Å². The van der Waals surface area contributed by atoms with Gasteiger partial charge in [-0.15, -0.1) is 11.3 Å². The van der Waals surface area contributed by atoms with Crippen molar-refractivity contribution in [2.75, 3.05) is 42.6 Å². The molecule has 1 atom stereocenters. The highest BCUT2D eigenvalue weighted by Crippen LogP contribution is 2.34. The third kappa shape index (κ3) is 3.07. The fourth-order valence-corrected chi connectivity index (χ4v) is 6.51. The number of thiophene rings is 1. The van der Waals surface area contributed by atoms with Crippen LogP contribution in [0.15, 0.2) is 6.33 Å². The third-order valence-corrected chi connectivity index (χ3v) is 8.30. The SMILES string of the molecule is Cc1sc2ncnc(N3CCN(C(=O)[C@H]4CCS(=O)(=O)C4)CC3)c2c1C. The molecule has 2 aliphatic heterocycles. The molecule has 2 fully saturated rings. The van der Waals surface area contributed by atoms with Gasteiger partial charge in [0.1, 0.15) is 17.0 Å². The van der Waals surface area contributed by atoms with Crippen molar-refractivity contribution in [2.45, 2.75) is 20.3 Å². The van der Waals surface area contributed by atoms with Crippen LogP contribution in [0.25, 0.3) is 10.2 Å². The monoisotopic (exact) mass is 394 g/mol. The summed E-state index contributed by atoms with van der Waals surface area (Å²) in [6.45, 7) is 6.79. The van der Waals surface area contributed by atoms with Gasteiger partial charge in [-0.25, -0.2) is 18.4 Å². The maximum Gasteiger partial charge on any atom is 0.226 e.